The van der Waals surface area contributed by atoms with Gasteiger partial charge in [-0.05, 0) is 12.8 Å². The lowest BCUT2D eigenvalue weighted by Crippen LogP contribution is -2.22. The van der Waals surface area contributed by atoms with E-state index < -0.39 is 0 Å². The zero-order chi connectivity index (χ0) is 13.9. The van der Waals surface area contributed by atoms with Gasteiger partial charge in [0.2, 0.25) is 0 Å². The van der Waals surface area contributed by atoms with Crippen LogP contribution >= 0.6 is 0 Å². The Morgan fingerprint density at radius 1 is 1.17 bits per heavy atom. The molecule has 0 fully saturated rings. The Kier molecular flexibility index (Phi) is 4.51. The third-order valence-electron chi connectivity index (χ3n) is 2.63. The average molecular weight is 251 g/mol. The van der Waals surface area contributed by atoms with Crippen LogP contribution in [0.5, 0.6) is 0 Å². The fourth-order valence-electron chi connectivity index (χ4n) is 1.47. The van der Waals surface area contributed by atoms with Crippen LogP contribution in [0, 0.1) is 12.8 Å². The van der Waals surface area contributed by atoms with Crippen LogP contribution in [-0.4, -0.2) is 16.5 Å². The van der Waals surface area contributed by atoms with Gasteiger partial charge < -0.3 is 10.7 Å². The maximum Gasteiger partial charge on any atom is 0.148 e. The van der Waals surface area contributed by atoms with Crippen molar-refractivity contribution < 1.29 is 0 Å². The predicted octanol–water partition coefficient (Wildman–Crippen LogP) is 2.44. The number of nitrogens with one attached hydrogen (secondary N) is 2. The topological polar surface area (TPSA) is 75.9 Å². The van der Waals surface area contributed by atoms with E-state index in [-0.39, 0.29) is 5.41 Å². The summed E-state index contributed by atoms with van der Waals surface area (Å²) in [5.74, 6) is 8.41. The molecule has 102 valence electrons. The van der Waals surface area contributed by atoms with E-state index in [1.807, 2.05) is 6.92 Å². The molecule has 0 bridgehead atoms. The first-order chi connectivity index (χ1) is 8.25. The second kappa shape index (κ2) is 5.52. The summed E-state index contributed by atoms with van der Waals surface area (Å²) in [6.07, 6.45) is 0. The number of hydrazine groups is 1. The first-order valence-electron chi connectivity index (χ1n) is 6.35. The Labute approximate surface area is 110 Å². The summed E-state index contributed by atoms with van der Waals surface area (Å²) < 4.78 is 0. The van der Waals surface area contributed by atoms with Crippen molar-refractivity contribution in [3.63, 3.8) is 0 Å². The predicted molar refractivity (Wildman–Crippen MR) is 76.6 cm³/mol. The minimum absolute atomic E-state index is 0.104. The molecule has 0 amide bonds. The molecule has 0 aromatic carbocycles. The lowest BCUT2D eigenvalue weighted by atomic mass is 9.95. The van der Waals surface area contributed by atoms with E-state index in [1.54, 1.807) is 0 Å². The first-order valence-corrected chi connectivity index (χ1v) is 6.35. The van der Waals surface area contributed by atoms with Crippen molar-refractivity contribution in [1.29, 1.82) is 0 Å². The Morgan fingerprint density at radius 3 is 2.17 bits per heavy atom. The molecule has 1 aromatic heterocycles. The van der Waals surface area contributed by atoms with Crippen LogP contribution in [0.2, 0.25) is 0 Å². The molecular formula is C13H25N5. The summed E-state index contributed by atoms with van der Waals surface area (Å²) in [6.45, 7) is 13.4. The summed E-state index contributed by atoms with van der Waals surface area (Å²) in [4.78, 5) is 9.07. The van der Waals surface area contributed by atoms with Gasteiger partial charge in [0.1, 0.15) is 17.5 Å². The molecule has 4 N–H and O–H groups in total. The number of hydrogen-bond donors (Lipinski definition) is 3. The number of anilines is 2. The third kappa shape index (κ3) is 3.57. The molecule has 0 unspecified atom stereocenters. The molecule has 18 heavy (non-hydrogen) atoms. The van der Waals surface area contributed by atoms with Crippen LogP contribution in [0.4, 0.5) is 11.6 Å². The van der Waals surface area contributed by atoms with Crippen LogP contribution in [0.25, 0.3) is 0 Å². The molecule has 0 aliphatic heterocycles. The smallest absolute Gasteiger partial charge is 0.148 e. The Balaban J connectivity index is 3.15. The fraction of sp³-hybridized carbons (Fsp3) is 0.692. The van der Waals surface area contributed by atoms with E-state index in [0.717, 1.165) is 23.8 Å². The van der Waals surface area contributed by atoms with E-state index in [0.29, 0.717) is 11.7 Å². The molecule has 5 nitrogen and oxygen atoms in total. The van der Waals surface area contributed by atoms with Crippen molar-refractivity contribution in [2.45, 2.75) is 47.0 Å². The Bertz CT molecular complexity index is 407. The molecule has 0 atom stereocenters. The minimum atomic E-state index is -0.104. The van der Waals surface area contributed by atoms with Gasteiger partial charge in [0.25, 0.3) is 0 Å². The number of nitrogens with two attached hydrogens (primary N) is 1. The molecule has 1 rings (SSSR count). The zero-order valence-corrected chi connectivity index (χ0v) is 12.3. The van der Waals surface area contributed by atoms with Gasteiger partial charge in [0.05, 0.1) is 0 Å². The van der Waals surface area contributed by atoms with Crippen LogP contribution in [0.1, 0.15) is 46.0 Å². The maximum absolute atomic E-state index is 5.52. The van der Waals surface area contributed by atoms with Crippen molar-refractivity contribution >= 4 is 11.6 Å². The molecule has 5 heteroatoms. The van der Waals surface area contributed by atoms with Crippen LogP contribution in [0.15, 0.2) is 0 Å². The molecule has 1 heterocycles. The van der Waals surface area contributed by atoms with Crippen LogP contribution < -0.4 is 16.6 Å². The molecule has 0 saturated carbocycles. The van der Waals surface area contributed by atoms with Crippen molar-refractivity contribution in [2.75, 3.05) is 17.3 Å². The summed E-state index contributed by atoms with van der Waals surface area (Å²) in [5, 5.41) is 3.35. The van der Waals surface area contributed by atoms with Crippen molar-refractivity contribution in [3.8, 4) is 0 Å². The maximum atomic E-state index is 5.52. The zero-order valence-electron chi connectivity index (χ0n) is 12.3. The monoisotopic (exact) mass is 251 g/mol. The molecule has 0 spiro atoms. The highest BCUT2D eigenvalue weighted by atomic mass is 15.3. The van der Waals surface area contributed by atoms with E-state index in [1.165, 1.54) is 0 Å². The summed E-state index contributed by atoms with van der Waals surface area (Å²) >= 11 is 0. The third-order valence-corrected chi connectivity index (χ3v) is 2.63. The molecule has 1 aromatic rings. The Hall–Kier alpha value is -1.36. The fourth-order valence-corrected chi connectivity index (χ4v) is 1.47. The largest absolute Gasteiger partial charge is 0.369 e. The molecule has 0 saturated heterocycles. The van der Waals surface area contributed by atoms with Gasteiger partial charge in [-0.2, -0.15) is 0 Å². The number of nitrogen functional groups attached to an aromatic ring is 1. The highest BCUT2D eigenvalue weighted by molar-refractivity contribution is 5.57. The molecular weight excluding hydrogens is 226 g/mol. The van der Waals surface area contributed by atoms with Gasteiger partial charge in [-0.25, -0.2) is 15.8 Å². The molecule has 0 aliphatic carbocycles. The highest BCUT2D eigenvalue weighted by Gasteiger charge is 2.20. The summed E-state index contributed by atoms with van der Waals surface area (Å²) in [5.41, 5.74) is 3.49. The van der Waals surface area contributed by atoms with Gasteiger partial charge in [-0.1, -0.05) is 34.6 Å². The first kappa shape index (κ1) is 14.7. The SMILES string of the molecule is Cc1c(NN)nc(C(C)(C)C)nc1NCC(C)C. The number of hydrogen-bond acceptors (Lipinski definition) is 5. The second-order valence-electron chi connectivity index (χ2n) is 6.04. The number of rotatable bonds is 4. The standard InChI is InChI=1S/C13H25N5/c1-8(2)7-15-10-9(3)11(18-14)17-12(16-10)13(4,5)6/h8H,7,14H2,1-6H3,(H2,15,16,17,18). The quantitative estimate of drug-likeness (QED) is 0.566. The van der Waals surface area contributed by atoms with Gasteiger partial charge in [0, 0.05) is 17.5 Å². The lowest BCUT2D eigenvalue weighted by Gasteiger charge is -2.21. The van der Waals surface area contributed by atoms with E-state index >= 15 is 0 Å². The van der Waals surface area contributed by atoms with Gasteiger partial charge in [-0.15, -0.1) is 0 Å². The highest BCUT2D eigenvalue weighted by Crippen LogP contribution is 2.25. The van der Waals surface area contributed by atoms with Crippen molar-refractivity contribution in [2.24, 2.45) is 11.8 Å². The van der Waals surface area contributed by atoms with Crippen LogP contribution in [0.3, 0.4) is 0 Å². The summed E-state index contributed by atoms with van der Waals surface area (Å²) in [6, 6.07) is 0. The molecule has 0 radical (unpaired) electrons. The Morgan fingerprint density at radius 2 is 1.72 bits per heavy atom. The average Bonchev–Trinajstić information content (AvgIpc) is 2.26. The van der Waals surface area contributed by atoms with Gasteiger partial charge >= 0.3 is 0 Å². The number of aromatic nitrogens is 2. The van der Waals surface area contributed by atoms with Crippen molar-refractivity contribution in [1.82, 2.24) is 9.97 Å². The second-order valence-corrected chi connectivity index (χ2v) is 6.04. The van der Waals surface area contributed by atoms with Gasteiger partial charge in [0.15, 0.2) is 0 Å². The van der Waals surface area contributed by atoms with E-state index in [9.17, 15) is 0 Å². The van der Waals surface area contributed by atoms with Crippen molar-refractivity contribution in [3.05, 3.63) is 11.4 Å². The normalized spacial score (nSPS) is 11.8. The van der Waals surface area contributed by atoms with Crippen LogP contribution in [-0.2, 0) is 5.41 Å². The number of nitrogens with zero attached hydrogens (tertiary/aromatic N) is 2. The molecule has 0 aliphatic rings. The van der Waals surface area contributed by atoms with E-state index in [4.69, 9.17) is 5.84 Å². The van der Waals surface area contributed by atoms with Gasteiger partial charge in [-0.3, -0.25) is 0 Å². The van der Waals surface area contributed by atoms with E-state index in [2.05, 4.69) is 55.3 Å². The minimum Gasteiger partial charge on any atom is -0.369 e. The lowest BCUT2D eigenvalue weighted by molar-refractivity contribution is 0.545. The summed E-state index contributed by atoms with van der Waals surface area (Å²) in [7, 11) is 0.